The first-order valence-electron chi connectivity index (χ1n) is 7.84. The number of aromatic hydroxyl groups is 1. The van der Waals surface area contributed by atoms with E-state index in [1.807, 2.05) is 0 Å². The largest absolute Gasteiger partial charge is 0.507 e. The molecule has 0 aromatic heterocycles. The third-order valence-electron chi connectivity index (χ3n) is 4.20. The lowest BCUT2D eigenvalue weighted by Crippen LogP contribution is -2.04. The predicted molar refractivity (Wildman–Crippen MR) is 85.9 cm³/mol. The van der Waals surface area contributed by atoms with Crippen molar-refractivity contribution >= 4 is 5.57 Å². The van der Waals surface area contributed by atoms with Crippen molar-refractivity contribution in [1.82, 2.24) is 0 Å². The van der Waals surface area contributed by atoms with Gasteiger partial charge in [-0.15, -0.1) is 0 Å². The molecule has 2 rings (SSSR count). The van der Waals surface area contributed by atoms with E-state index in [2.05, 4.69) is 19.9 Å². The van der Waals surface area contributed by atoms with Crippen LogP contribution < -0.4 is 4.74 Å². The first-order chi connectivity index (χ1) is 10.2. The summed E-state index contributed by atoms with van der Waals surface area (Å²) in [5.74, 6) is 1.12. The van der Waals surface area contributed by atoms with Crippen LogP contribution in [0.2, 0.25) is 0 Å². The molecule has 0 heterocycles. The normalized spacial score (nSPS) is 14.0. The van der Waals surface area contributed by atoms with Crippen LogP contribution in [0.15, 0.2) is 17.7 Å². The molecule has 1 fully saturated rings. The number of phenols is 1. The molecule has 0 amide bonds. The fourth-order valence-electron chi connectivity index (χ4n) is 2.63. The van der Waals surface area contributed by atoms with Gasteiger partial charge >= 0.3 is 0 Å². The van der Waals surface area contributed by atoms with Crippen molar-refractivity contribution < 1.29 is 14.6 Å². The third-order valence-corrected chi connectivity index (χ3v) is 4.20. The molecule has 0 radical (unpaired) electrons. The molecule has 3 heteroatoms. The molecule has 0 saturated heterocycles. The standard InChI is InChI=1S/C18H26O3/c1-4-14-11-16(13(2)15-7-5-8-15)17(19)12-18(14)21-10-6-9-20-3/h11-12,19H,4-10H2,1-3H3. The maximum Gasteiger partial charge on any atom is 0.126 e. The van der Waals surface area contributed by atoms with E-state index in [1.54, 1.807) is 13.2 Å². The topological polar surface area (TPSA) is 38.7 Å². The molecule has 1 aliphatic carbocycles. The maximum absolute atomic E-state index is 10.3. The highest BCUT2D eigenvalue weighted by Gasteiger charge is 2.17. The Morgan fingerprint density at radius 1 is 1.24 bits per heavy atom. The number of allylic oxidation sites excluding steroid dienone is 2. The van der Waals surface area contributed by atoms with Crippen molar-refractivity contribution in [2.24, 2.45) is 0 Å². The minimum atomic E-state index is 0.325. The zero-order valence-electron chi connectivity index (χ0n) is 13.4. The van der Waals surface area contributed by atoms with Gasteiger partial charge in [-0.2, -0.15) is 0 Å². The van der Waals surface area contributed by atoms with Gasteiger partial charge in [-0.05, 0) is 49.8 Å². The average molecular weight is 290 g/mol. The fourth-order valence-corrected chi connectivity index (χ4v) is 2.63. The zero-order valence-corrected chi connectivity index (χ0v) is 13.4. The van der Waals surface area contributed by atoms with Crippen LogP contribution in [0.4, 0.5) is 0 Å². The molecule has 3 nitrogen and oxygen atoms in total. The molecule has 0 spiro atoms. The van der Waals surface area contributed by atoms with Crippen molar-refractivity contribution in [3.8, 4) is 11.5 Å². The number of ether oxygens (including phenoxy) is 2. The molecule has 0 aliphatic heterocycles. The Labute approximate surface area is 127 Å². The van der Waals surface area contributed by atoms with E-state index < -0.39 is 0 Å². The lowest BCUT2D eigenvalue weighted by molar-refractivity contribution is 0.171. The first kappa shape index (κ1) is 15.9. The summed E-state index contributed by atoms with van der Waals surface area (Å²) in [6, 6.07) is 3.85. The second-order valence-corrected chi connectivity index (χ2v) is 5.61. The summed E-state index contributed by atoms with van der Waals surface area (Å²) in [5.41, 5.74) is 4.82. The fraction of sp³-hybridized carbons (Fsp3) is 0.556. The van der Waals surface area contributed by atoms with Crippen LogP contribution in [0.5, 0.6) is 11.5 Å². The van der Waals surface area contributed by atoms with Gasteiger partial charge in [0.25, 0.3) is 0 Å². The molecular formula is C18H26O3. The number of hydrogen-bond acceptors (Lipinski definition) is 3. The van der Waals surface area contributed by atoms with Gasteiger partial charge in [0.1, 0.15) is 11.5 Å². The number of hydrogen-bond donors (Lipinski definition) is 1. The Balaban J connectivity index is 2.18. The molecule has 0 bridgehead atoms. The van der Waals surface area contributed by atoms with E-state index in [0.29, 0.717) is 19.0 Å². The van der Waals surface area contributed by atoms with Gasteiger partial charge in [-0.25, -0.2) is 0 Å². The Hall–Kier alpha value is -1.48. The van der Waals surface area contributed by atoms with Crippen LogP contribution in [0.25, 0.3) is 5.57 Å². The van der Waals surface area contributed by atoms with Gasteiger partial charge in [0, 0.05) is 31.8 Å². The molecule has 21 heavy (non-hydrogen) atoms. The van der Waals surface area contributed by atoms with Gasteiger partial charge in [-0.3, -0.25) is 0 Å². The van der Waals surface area contributed by atoms with Crippen LogP contribution in [-0.2, 0) is 11.2 Å². The van der Waals surface area contributed by atoms with Gasteiger partial charge in [0.2, 0.25) is 0 Å². The van der Waals surface area contributed by atoms with E-state index in [9.17, 15) is 5.11 Å². The number of benzene rings is 1. The summed E-state index contributed by atoms with van der Waals surface area (Å²) < 4.78 is 10.8. The van der Waals surface area contributed by atoms with Gasteiger partial charge in [0.15, 0.2) is 0 Å². The van der Waals surface area contributed by atoms with Crippen LogP contribution >= 0.6 is 0 Å². The summed E-state index contributed by atoms with van der Waals surface area (Å²) in [4.78, 5) is 0. The lowest BCUT2D eigenvalue weighted by atomic mass is 9.85. The number of phenolic OH excluding ortho intramolecular Hbond substituents is 1. The SMILES string of the molecule is CCc1cc(C(C)=C2CCC2)c(O)cc1OCCCOC. The summed E-state index contributed by atoms with van der Waals surface area (Å²) in [5, 5.41) is 10.3. The van der Waals surface area contributed by atoms with Crippen molar-refractivity contribution in [2.45, 2.75) is 46.0 Å². The molecule has 0 atom stereocenters. The van der Waals surface area contributed by atoms with E-state index >= 15 is 0 Å². The van der Waals surface area contributed by atoms with Crippen LogP contribution in [0.1, 0.15) is 50.7 Å². The number of aryl methyl sites for hydroxylation is 1. The zero-order chi connectivity index (χ0) is 15.2. The van der Waals surface area contributed by atoms with E-state index in [0.717, 1.165) is 29.7 Å². The van der Waals surface area contributed by atoms with Crippen LogP contribution in [0.3, 0.4) is 0 Å². The summed E-state index contributed by atoms with van der Waals surface area (Å²) in [7, 11) is 1.69. The van der Waals surface area contributed by atoms with Crippen molar-refractivity contribution in [1.29, 1.82) is 0 Å². The summed E-state index contributed by atoms with van der Waals surface area (Å²) in [6.45, 7) is 5.53. The average Bonchev–Trinajstić information content (AvgIpc) is 2.41. The lowest BCUT2D eigenvalue weighted by Gasteiger charge is -2.22. The van der Waals surface area contributed by atoms with Gasteiger partial charge in [-0.1, -0.05) is 12.5 Å². The van der Waals surface area contributed by atoms with Crippen molar-refractivity contribution in [2.75, 3.05) is 20.3 Å². The minimum absolute atomic E-state index is 0.325. The molecule has 116 valence electrons. The van der Waals surface area contributed by atoms with Gasteiger partial charge < -0.3 is 14.6 Å². The second-order valence-electron chi connectivity index (χ2n) is 5.61. The highest BCUT2D eigenvalue weighted by molar-refractivity contribution is 5.73. The summed E-state index contributed by atoms with van der Waals surface area (Å²) >= 11 is 0. The number of rotatable bonds is 7. The molecule has 0 unspecified atom stereocenters. The Kier molecular flexibility index (Phi) is 5.68. The van der Waals surface area contributed by atoms with E-state index in [4.69, 9.17) is 9.47 Å². The smallest absolute Gasteiger partial charge is 0.126 e. The molecule has 1 N–H and O–H groups in total. The van der Waals surface area contributed by atoms with Gasteiger partial charge in [0.05, 0.1) is 6.61 Å². The minimum Gasteiger partial charge on any atom is -0.507 e. The Bertz CT molecular complexity index is 511. The molecule has 1 saturated carbocycles. The number of methoxy groups -OCH3 is 1. The molecule has 1 aromatic rings. The van der Waals surface area contributed by atoms with Crippen molar-refractivity contribution in [3.05, 3.63) is 28.8 Å². The predicted octanol–water partition coefficient (Wildman–Crippen LogP) is 4.33. The maximum atomic E-state index is 10.3. The van der Waals surface area contributed by atoms with Crippen LogP contribution in [0, 0.1) is 0 Å². The molecule has 1 aliphatic rings. The second kappa shape index (κ2) is 7.51. The summed E-state index contributed by atoms with van der Waals surface area (Å²) in [6.07, 6.45) is 5.36. The Morgan fingerprint density at radius 3 is 2.57 bits per heavy atom. The Morgan fingerprint density at radius 2 is 2.00 bits per heavy atom. The van der Waals surface area contributed by atoms with Crippen molar-refractivity contribution in [3.63, 3.8) is 0 Å². The monoisotopic (exact) mass is 290 g/mol. The quantitative estimate of drug-likeness (QED) is 0.760. The van der Waals surface area contributed by atoms with Crippen LogP contribution in [-0.4, -0.2) is 25.4 Å². The molecule has 1 aromatic carbocycles. The first-order valence-corrected chi connectivity index (χ1v) is 7.84. The highest BCUT2D eigenvalue weighted by atomic mass is 16.5. The molecular weight excluding hydrogens is 264 g/mol. The highest BCUT2D eigenvalue weighted by Crippen LogP contribution is 2.39. The third kappa shape index (κ3) is 3.79. The van der Waals surface area contributed by atoms with E-state index in [1.165, 1.54) is 30.4 Å². The van der Waals surface area contributed by atoms with E-state index in [-0.39, 0.29) is 0 Å².